The van der Waals surface area contributed by atoms with Crippen molar-refractivity contribution in [2.75, 3.05) is 13.1 Å². The molecule has 1 aromatic carbocycles. The number of likely N-dealkylation sites (tertiary alicyclic amines) is 1. The lowest BCUT2D eigenvalue weighted by Crippen LogP contribution is -2.33. The molecule has 2 aliphatic rings. The molecule has 3 rings (SSSR count). The van der Waals surface area contributed by atoms with E-state index in [9.17, 15) is 18.0 Å². The third-order valence-corrected chi connectivity index (χ3v) is 4.71. The Morgan fingerprint density at radius 3 is 2.58 bits per heavy atom. The van der Waals surface area contributed by atoms with Crippen LogP contribution in [0.5, 0.6) is 5.75 Å². The van der Waals surface area contributed by atoms with Crippen molar-refractivity contribution >= 4 is 28.9 Å². The van der Waals surface area contributed by atoms with Crippen LogP contribution >= 0.6 is 11.8 Å². The normalized spacial score (nSPS) is 20.5. The van der Waals surface area contributed by atoms with Gasteiger partial charge in [0.15, 0.2) is 5.17 Å². The number of amidine groups is 1. The molecule has 0 N–H and O–H groups in total. The van der Waals surface area contributed by atoms with Crippen LogP contribution in [0.3, 0.4) is 0 Å². The molecule has 0 unspecified atom stereocenters. The molecular weight excluding hydrogens is 341 g/mol. The fraction of sp³-hybridized carbons (Fsp3) is 0.375. The molecule has 1 aromatic rings. The largest absolute Gasteiger partial charge is 0.573 e. The number of halogens is 3. The zero-order chi connectivity index (χ0) is 17.2. The Kier molecular flexibility index (Phi) is 4.84. The van der Waals surface area contributed by atoms with Gasteiger partial charge < -0.3 is 9.64 Å². The van der Waals surface area contributed by atoms with E-state index < -0.39 is 12.3 Å². The number of carbonyl (C=O) groups excluding carboxylic acids is 1. The highest BCUT2D eigenvalue weighted by Crippen LogP contribution is 2.34. The molecule has 0 atom stereocenters. The molecule has 1 amide bonds. The summed E-state index contributed by atoms with van der Waals surface area (Å²) in [5.74, 6) is -0.764. The second kappa shape index (κ2) is 6.88. The molecule has 24 heavy (non-hydrogen) atoms. The molecule has 0 saturated carbocycles. The minimum atomic E-state index is -4.78. The number of hydrogen-bond donors (Lipinski definition) is 0. The van der Waals surface area contributed by atoms with Gasteiger partial charge in [-0.15, -0.1) is 13.2 Å². The van der Waals surface area contributed by atoms with Gasteiger partial charge >= 0.3 is 6.36 Å². The zero-order valence-corrected chi connectivity index (χ0v) is 13.5. The number of benzene rings is 1. The summed E-state index contributed by atoms with van der Waals surface area (Å²) in [5, 5.41) is 0.625. The number of thioether (sulfide) groups is 1. The van der Waals surface area contributed by atoms with Crippen molar-refractivity contribution in [1.29, 1.82) is 0 Å². The fourth-order valence-electron chi connectivity index (χ4n) is 2.58. The number of alkyl halides is 3. The SMILES string of the molecule is O=C1N=C(N2CCCCC2)S/C1=C\c1ccccc1OC(F)(F)F. The predicted molar refractivity (Wildman–Crippen MR) is 86.6 cm³/mol. The van der Waals surface area contributed by atoms with E-state index in [0.29, 0.717) is 10.1 Å². The van der Waals surface area contributed by atoms with Gasteiger partial charge in [-0.1, -0.05) is 18.2 Å². The fourth-order valence-corrected chi connectivity index (χ4v) is 3.53. The molecular formula is C16H15F3N2O2S. The van der Waals surface area contributed by atoms with Crippen molar-refractivity contribution in [2.45, 2.75) is 25.6 Å². The summed E-state index contributed by atoms with van der Waals surface area (Å²) in [5.41, 5.74) is 0.195. The minimum Gasteiger partial charge on any atom is -0.405 e. The van der Waals surface area contributed by atoms with Gasteiger partial charge in [-0.05, 0) is 43.2 Å². The summed E-state index contributed by atoms with van der Waals surface area (Å²) in [6.45, 7) is 1.69. The Labute approximate surface area is 141 Å². The van der Waals surface area contributed by atoms with Gasteiger partial charge in [0, 0.05) is 18.7 Å². The summed E-state index contributed by atoms with van der Waals surface area (Å²) in [6, 6.07) is 5.73. The maximum absolute atomic E-state index is 12.5. The third kappa shape index (κ3) is 4.11. The minimum absolute atomic E-state index is 0.195. The molecule has 2 heterocycles. The smallest absolute Gasteiger partial charge is 0.405 e. The first-order valence-corrected chi connectivity index (χ1v) is 8.36. The van der Waals surface area contributed by atoms with Crippen molar-refractivity contribution in [3.63, 3.8) is 0 Å². The first kappa shape index (κ1) is 16.9. The summed E-state index contributed by atoms with van der Waals surface area (Å²) >= 11 is 1.20. The van der Waals surface area contributed by atoms with Crippen molar-refractivity contribution in [1.82, 2.24) is 4.90 Å². The Morgan fingerprint density at radius 1 is 1.17 bits per heavy atom. The average Bonchev–Trinajstić information content (AvgIpc) is 2.90. The van der Waals surface area contributed by atoms with Crippen LogP contribution in [-0.4, -0.2) is 35.4 Å². The van der Waals surface area contributed by atoms with Gasteiger partial charge in [-0.25, -0.2) is 0 Å². The van der Waals surface area contributed by atoms with Gasteiger partial charge in [0.2, 0.25) is 0 Å². The highest BCUT2D eigenvalue weighted by atomic mass is 32.2. The van der Waals surface area contributed by atoms with E-state index >= 15 is 0 Å². The number of aliphatic imine (C=N–C) groups is 1. The van der Waals surface area contributed by atoms with Gasteiger partial charge in [-0.3, -0.25) is 4.79 Å². The number of amides is 1. The summed E-state index contributed by atoms with van der Waals surface area (Å²) in [7, 11) is 0. The second-order valence-electron chi connectivity index (χ2n) is 5.44. The number of rotatable bonds is 2. The molecule has 2 aliphatic heterocycles. The monoisotopic (exact) mass is 356 g/mol. The van der Waals surface area contributed by atoms with Crippen LogP contribution in [-0.2, 0) is 4.79 Å². The Balaban J connectivity index is 1.79. The number of carbonyl (C=O) groups is 1. The number of ether oxygens (including phenoxy) is 1. The van der Waals surface area contributed by atoms with Crippen LogP contribution in [0.2, 0.25) is 0 Å². The van der Waals surface area contributed by atoms with Crippen molar-refractivity contribution < 1.29 is 22.7 Å². The van der Waals surface area contributed by atoms with Crippen molar-refractivity contribution in [3.05, 3.63) is 34.7 Å². The van der Waals surface area contributed by atoms with E-state index in [0.717, 1.165) is 32.4 Å². The molecule has 0 spiro atoms. The molecule has 8 heteroatoms. The van der Waals surface area contributed by atoms with E-state index in [-0.39, 0.29) is 11.3 Å². The highest BCUT2D eigenvalue weighted by Gasteiger charge is 2.32. The number of piperidine rings is 1. The maximum atomic E-state index is 12.5. The second-order valence-corrected chi connectivity index (χ2v) is 6.45. The molecule has 1 fully saturated rings. The number of nitrogens with zero attached hydrogens (tertiary/aromatic N) is 2. The van der Waals surface area contributed by atoms with E-state index in [1.54, 1.807) is 6.07 Å². The standard InChI is InChI=1S/C16H15F3N2O2S/c17-16(18,19)23-12-7-3-2-6-11(12)10-13-14(22)20-15(24-13)21-8-4-1-5-9-21/h2-3,6-7,10H,1,4-5,8-9H2/b13-10-. The Bertz CT molecular complexity index is 695. The predicted octanol–water partition coefficient (Wildman–Crippen LogP) is 4.04. The molecule has 4 nitrogen and oxygen atoms in total. The average molecular weight is 356 g/mol. The molecule has 1 saturated heterocycles. The first-order valence-electron chi connectivity index (χ1n) is 7.55. The van der Waals surface area contributed by atoms with Gasteiger partial charge in [0.1, 0.15) is 5.75 Å². The van der Waals surface area contributed by atoms with Gasteiger partial charge in [0.05, 0.1) is 4.91 Å². The van der Waals surface area contributed by atoms with Gasteiger partial charge in [-0.2, -0.15) is 4.99 Å². The Morgan fingerprint density at radius 2 is 1.88 bits per heavy atom. The van der Waals surface area contributed by atoms with E-state index in [2.05, 4.69) is 9.73 Å². The van der Waals surface area contributed by atoms with E-state index in [1.165, 1.54) is 36.0 Å². The molecule has 0 bridgehead atoms. The quantitative estimate of drug-likeness (QED) is 0.750. The highest BCUT2D eigenvalue weighted by molar-refractivity contribution is 8.18. The van der Waals surface area contributed by atoms with Crippen LogP contribution < -0.4 is 4.74 Å². The molecule has 128 valence electrons. The van der Waals surface area contributed by atoms with Gasteiger partial charge in [0.25, 0.3) is 5.91 Å². The van der Waals surface area contributed by atoms with Crippen LogP contribution in [0.15, 0.2) is 34.2 Å². The maximum Gasteiger partial charge on any atom is 0.573 e. The van der Waals surface area contributed by atoms with Crippen LogP contribution in [0, 0.1) is 0 Å². The van der Waals surface area contributed by atoms with Crippen molar-refractivity contribution in [2.24, 2.45) is 4.99 Å². The third-order valence-electron chi connectivity index (χ3n) is 3.67. The topological polar surface area (TPSA) is 41.9 Å². The first-order chi connectivity index (χ1) is 11.4. The van der Waals surface area contributed by atoms with Crippen LogP contribution in [0.4, 0.5) is 13.2 Å². The lowest BCUT2D eigenvalue weighted by molar-refractivity contribution is -0.274. The van der Waals surface area contributed by atoms with Crippen LogP contribution in [0.25, 0.3) is 6.08 Å². The molecule has 0 aliphatic carbocycles. The lowest BCUT2D eigenvalue weighted by Gasteiger charge is -2.27. The summed E-state index contributed by atoms with van der Waals surface area (Å²) in [4.78, 5) is 18.4. The molecule has 0 radical (unpaired) electrons. The number of hydrogen-bond acceptors (Lipinski definition) is 4. The summed E-state index contributed by atoms with van der Waals surface area (Å²) < 4.78 is 41.4. The Hall–Kier alpha value is -1.96. The number of para-hydroxylation sites is 1. The molecule has 0 aromatic heterocycles. The zero-order valence-electron chi connectivity index (χ0n) is 12.7. The van der Waals surface area contributed by atoms with E-state index in [4.69, 9.17) is 0 Å². The summed E-state index contributed by atoms with van der Waals surface area (Å²) in [6.07, 6.45) is -0.122. The van der Waals surface area contributed by atoms with E-state index in [1.807, 2.05) is 4.90 Å². The lowest BCUT2D eigenvalue weighted by atomic mass is 10.1. The van der Waals surface area contributed by atoms with Crippen LogP contribution in [0.1, 0.15) is 24.8 Å². The van der Waals surface area contributed by atoms with Crippen molar-refractivity contribution in [3.8, 4) is 5.75 Å².